The van der Waals surface area contributed by atoms with Crippen LogP contribution < -0.4 is 0 Å². The van der Waals surface area contributed by atoms with Crippen LogP contribution in [0.4, 0.5) is 0 Å². The molecule has 0 aliphatic carbocycles. The molecule has 1 aliphatic heterocycles. The predicted octanol–water partition coefficient (Wildman–Crippen LogP) is 2.31. The van der Waals surface area contributed by atoms with Crippen LogP contribution in [-0.2, 0) is 9.53 Å². The number of nitrogens with zero attached hydrogens (tertiary/aromatic N) is 1. The number of carbonyl (C=O) groups excluding carboxylic acids is 1. The van der Waals surface area contributed by atoms with Gasteiger partial charge in [0.2, 0.25) is 0 Å². The van der Waals surface area contributed by atoms with Crippen molar-refractivity contribution in [2.45, 2.75) is 12.5 Å². The number of ether oxygens (including phenoxy) is 1. The second kappa shape index (κ2) is 6.43. The van der Waals surface area contributed by atoms with E-state index in [2.05, 4.69) is 0 Å². The van der Waals surface area contributed by atoms with Crippen molar-refractivity contribution >= 4 is 35.1 Å². The summed E-state index contributed by atoms with van der Waals surface area (Å²) in [4.78, 5) is 24.8. The molecule has 0 spiro atoms. The van der Waals surface area contributed by atoms with E-state index in [4.69, 9.17) is 33.0 Å². The lowest BCUT2D eigenvalue weighted by molar-refractivity contribution is -0.139. The molecule has 1 atom stereocenters. The van der Waals surface area contributed by atoms with Gasteiger partial charge in [-0.2, -0.15) is 0 Å². The summed E-state index contributed by atoms with van der Waals surface area (Å²) < 4.78 is 5.24. The zero-order valence-electron chi connectivity index (χ0n) is 10.5. The molecule has 1 N–H and O–H groups in total. The van der Waals surface area contributed by atoms with Crippen molar-refractivity contribution in [1.29, 1.82) is 0 Å². The minimum Gasteiger partial charge on any atom is -0.481 e. The van der Waals surface area contributed by atoms with Gasteiger partial charge in [0, 0.05) is 12.1 Å². The fourth-order valence-corrected chi connectivity index (χ4v) is 2.39. The Morgan fingerprint density at radius 2 is 2.10 bits per heavy atom. The maximum atomic E-state index is 12.4. The lowest BCUT2D eigenvalue weighted by atomic mass is 10.1. The van der Waals surface area contributed by atoms with Crippen molar-refractivity contribution < 1.29 is 19.4 Å². The lowest BCUT2D eigenvalue weighted by Crippen LogP contribution is -2.49. The SMILES string of the molecule is O=C(O)CC1COCCN1C(=O)c1ccc(Cl)c(Cl)c1. The number of carbonyl (C=O) groups is 2. The number of benzene rings is 1. The minimum atomic E-state index is -0.965. The highest BCUT2D eigenvalue weighted by Gasteiger charge is 2.29. The van der Waals surface area contributed by atoms with Gasteiger partial charge >= 0.3 is 5.97 Å². The predicted molar refractivity (Wildman–Crippen MR) is 74.4 cm³/mol. The summed E-state index contributed by atoms with van der Waals surface area (Å²) in [7, 11) is 0. The molecule has 1 aromatic rings. The third kappa shape index (κ3) is 3.42. The number of morpholine rings is 1. The van der Waals surface area contributed by atoms with Crippen molar-refractivity contribution in [1.82, 2.24) is 4.90 Å². The summed E-state index contributed by atoms with van der Waals surface area (Å²) in [5.74, 6) is -1.23. The van der Waals surface area contributed by atoms with Gasteiger partial charge in [-0.1, -0.05) is 23.2 Å². The second-order valence-corrected chi connectivity index (χ2v) is 5.27. The van der Waals surface area contributed by atoms with Crippen LogP contribution in [0.25, 0.3) is 0 Å². The molecule has 1 amide bonds. The number of hydrogen-bond acceptors (Lipinski definition) is 3. The Morgan fingerprint density at radius 1 is 1.35 bits per heavy atom. The van der Waals surface area contributed by atoms with Crippen molar-refractivity contribution in [3.05, 3.63) is 33.8 Å². The molecule has 7 heteroatoms. The average Bonchev–Trinajstić information content (AvgIpc) is 2.41. The third-order valence-electron chi connectivity index (χ3n) is 3.07. The Bertz CT molecular complexity index is 535. The molecule has 1 aromatic carbocycles. The average molecular weight is 318 g/mol. The van der Waals surface area contributed by atoms with E-state index in [1.807, 2.05) is 0 Å². The molecule has 0 aromatic heterocycles. The van der Waals surface area contributed by atoms with Crippen LogP contribution in [0.1, 0.15) is 16.8 Å². The highest BCUT2D eigenvalue weighted by Crippen LogP contribution is 2.24. The van der Waals surface area contributed by atoms with Gasteiger partial charge in [-0.05, 0) is 18.2 Å². The van der Waals surface area contributed by atoms with E-state index in [1.54, 1.807) is 12.1 Å². The van der Waals surface area contributed by atoms with Gasteiger partial charge in [-0.3, -0.25) is 9.59 Å². The van der Waals surface area contributed by atoms with Crippen LogP contribution in [0.15, 0.2) is 18.2 Å². The van der Waals surface area contributed by atoms with Crippen LogP contribution in [0, 0.1) is 0 Å². The number of carboxylic acids is 1. The standard InChI is InChI=1S/C13H13Cl2NO4/c14-10-2-1-8(5-11(10)15)13(19)16-3-4-20-7-9(16)6-12(17)18/h1-2,5,9H,3-4,6-7H2,(H,17,18). The molecule has 0 bridgehead atoms. The summed E-state index contributed by atoms with van der Waals surface area (Å²) in [6.45, 7) is 0.972. The molecule has 5 nitrogen and oxygen atoms in total. The number of rotatable bonds is 3. The van der Waals surface area contributed by atoms with Gasteiger partial charge in [0.25, 0.3) is 5.91 Å². The van der Waals surface area contributed by atoms with Crippen LogP contribution >= 0.6 is 23.2 Å². The molecule has 1 aliphatic rings. The highest BCUT2D eigenvalue weighted by atomic mass is 35.5. The molecular formula is C13H13Cl2NO4. The summed E-state index contributed by atoms with van der Waals surface area (Å²) in [6.07, 6.45) is -0.146. The minimum absolute atomic E-state index is 0.146. The first-order valence-electron chi connectivity index (χ1n) is 6.04. The highest BCUT2D eigenvalue weighted by molar-refractivity contribution is 6.42. The number of hydrogen-bond donors (Lipinski definition) is 1. The van der Waals surface area contributed by atoms with Crippen molar-refractivity contribution in [3.8, 4) is 0 Å². The van der Waals surface area contributed by atoms with Crippen LogP contribution in [-0.4, -0.2) is 47.7 Å². The lowest BCUT2D eigenvalue weighted by Gasteiger charge is -2.34. The van der Waals surface area contributed by atoms with Crippen LogP contribution in [0.5, 0.6) is 0 Å². The first-order chi connectivity index (χ1) is 9.49. The number of aliphatic carboxylic acids is 1. The van der Waals surface area contributed by atoms with Gasteiger partial charge in [0.05, 0.1) is 35.7 Å². The molecular weight excluding hydrogens is 305 g/mol. The molecule has 1 unspecified atom stereocenters. The number of carboxylic acid groups (broad SMARTS) is 1. The van der Waals surface area contributed by atoms with E-state index in [1.165, 1.54) is 11.0 Å². The van der Waals surface area contributed by atoms with Crippen LogP contribution in [0.2, 0.25) is 10.0 Å². The Kier molecular flexibility index (Phi) is 4.86. The fourth-order valence-electron chi connectivity index (χ4n) is 2.09. The smallest absolute Gasteiger partial charge is 0.305 e. The zero-order valence-corrected chi connectivity index (χ0v) is 12.0. The first kappa shape index (κ1) is 15.1. The van der Waals surface area contributed by atoms with Gasteiger partial charge in [-0.25, -0.2) is 0 Å². The quantitative estimate of drug-likeness (QED) is 0.929. The van der Waals surface area contributed by atoms with E-state index in [-0.39, 0.29) is 18.9 Å². The van der Waals surface area contributed by atoms with Gasteiger partial charge in [0.15, 0.2) is 0 Å². The maximum Gasteiger partial charge on any atom is 0.305 e. The third-order valence-corrected chi connectivity index (χ3v) is 3.80. The maximum absolute atomic E-state index is 12.4. The number of amides is 1. The molecule has 108 valence electrons. The summed E-state index contributed by atoms with van der Waals surface area (Å²) in [5, 5.41) is 9.54. The van der Waals surface area contributed by atoms with E-state index >= 15 is 0 Å². The summed E-state index contributed by atoms with van der Waals surface area (Å²) in [5.41, 5.74) is 0.386. The molecule has 2 rings (SSSR count). The number of halogens is 2. The van der Waals surface area contributed by atoms with E-state index in [0.717, 1.165) is 0 Å². The van der Waals surface area contributed by atoms with E-state index in [0.29, 0.717) is 28.8 Å². The fraction of sp³-hybridized carbons (Fsp3) is 0.385. The Balaban J connectivity index is 2.20. The van der Waals surface area contributed by atoms with E-state index in [9.17, 15) is 9.59 Å². The Morgan fingerprint density at radius 3 is 2.75 bits per heavy atom. The molecule has 0 radical (unpaired) electrons. The second-order valence-electron chi connectivity index (χ2n) is 4.45. The van der Waals surface area contributed by atoms with Gasteiger partial charge in [-0.15, -0.1) is 0 Å². The van der Waals surface area contributed by atoms with Gasteiger partial charge in [0.1, 0.15) is 0 Å². The van der Waals surface area contributed by atoms with Crippen molar-refractivity contribution in [3.63, 3.8) is 0 Å². The van der Waals surface area contributed by atoms with Crippen LogP contribution in [0.3, 0.4) is 0 Å². The molecule has 20 heavy (non-hydrogen) atoms. The summed E-state index contributed by atoms with van der Waals surface area (Å²) in [6, 6.07) is 4.14. The summed E-state index contributed by atoms with van der Waals surface area (Å²) >= 11 is 11.7. The molecule has 1 fully saturated rings. The normalized spacial score (nSPS) is 18.9. The monoisotopic (exact) mass is 317 g/mol. The zero-order chi connectivity index (χ0) is 14.7. The largest absolute Gasteiger partial charge is 0.481 e. The van der Waals surface area contributed by atoms with E-state index < -0.39 is 12.0 Å². The molecule has 0 saturated carbocycles. The molecule has 1 heterocycles. The van der Waals surface area contributed by atoms with Crippen molar-refractivity contribution in [2.75, 3.05) is 19.8 Å². The first-order valence-corrected chi connectivity index (χ1v) is 6.80. The van der Waals surface area contributed by atoms with Crippen molar-refractivity contribution in [2.24, 2.45) is 0 Å². The molecule has 1 saturated heterocycles. The topological polar surface area (TPSA) is 66.8 Å². The Labute approximate surface area is 126 Å². The Hall–Kier alpha value is -1.30. The van der Waals surface area contributed by atoms with Gasteiger partial charge < -0.3 is 14.7 Å².